The topological polar surface area (TPSA) is 0 Å². The number of halogens is 1. The van der Waals surface area contributed by atoms with E-state index in [0.29, 0.717) is 0 Å². The highest BCUT2D eigenvalue weighted by atomic mass is 35.7. The van der Waals surface area contributed by atoms with E-state index in [2.05, 4.69) is 6.92 Å². The second kappa shape index (κ2) is 3.03. The summed E-state index contributed by atoms with van der Waals surface area (Å²) in [7, 11) is -0.0588. The van der Waals surface area contributed by atoms with E-state index in [0.717, 1.165) is 5.92 Å². The van der Waals surface area contributed by atoms with Crippen LogP contribution in [0.25, 0.3) is 0 Å². The zero-order chi connectivity index (χ0) is 5.98. The molecule has 0 aromatic carbocycles. The van der Waals surface area contributed by atoms with Crippen molar-refractivity contribution in [1.82, 2.24) is 0 Å². The molecule has 1 aliphatic heterocycles. The van der Waals surface area contributed by atoms with Crippen LogP contribution in [0, 0.1) is 5.92 Å². The molecule has 1 rings (SSSR count). The molecule has 0 bridgehead atoms. The predicted molar refractivity (Wildman–Crippen MR) is 40.9 cm³/mol. The fourth-order valence-corrected chi connectivity index (χ4v) is 3.76. The Bertz CT molecular complexity index is 66.9. The molecule has 1 heterocycles. The standard InChI is InChI=1S/C6H12ClP/c1-6-3-2-4-8(7)5-6/h6H,2-5H2,1H3. The molecule has 2 atom stereocenters. The molecule has 0 spiro atoms. The Morgan fingerprint density at radius 3 is 2.75 bits per heavy atom. The van der Waals surface area contributed by atoms with Gasteiger partial charge in [0.2, 0.25) is 0 Å². The van der Waals surface area contributed by atoms with E-state index in [1.165, 1.54) is 25.2 Å². The van der Waals surface area contributed by atoms with Gasteiger partial charge in [-0.15, -0.1) is 0 Å². The van der Waals surface area contributed by atoms with Crippen molar-refractivity contribution in [2.24, 2.45) is 5.92 Å². The van der Waals surface area contributed by atoms with E-state index in [1.54, 1.807) is 0 Å². The Morgan fingerprint density at radius 2 is 2.38 bits per heavy atom. The molecule has 2 unspecified atom stereocenters. The Hall–Kier alpha value is 0.720. The molecule has 2 heteroatoms. The van der Waals surface area contributed by atoms with Gasteiger partial charge in [-0.25, -0.2) is 0 Å². The third-order valence-electron chi connectivity index (χ3n) is 1.61. The van der Waals surface area contributed by atoms with Crippen molar-refractivity contribution in [3.8, 4) is 0 Å². The molecule has 1 fully saturated rings. The SMILES string of the molecule is CC1CCCP(Cl)C1. The molecule has 0 aliphatic carbocycles. The largest absolute Gasteiger partial charge is 0.0964 e. The first-order valence-electron chi connectivity index (χ1n) is 3.20. The monoisotopic (exact) mass is 150 g/mol. The first kappa shape index (κ1) is 6.83. The molecule has 0 amide bonds. The summed E-state index contributed by atoms with van der Waals surface area (Å²) in [6.45, 7) is 2.30. The third kappa shape index (κ3) is 1.91. The second-order valence-corrected chi connectivity index (χ2v) is 5.79. The van der Waals surface area contributed by atoms with Gasteiger partial charge in [0.25, 0.3) is 0 Å². The molecular weight excluding hydrogens is 138 g/mol. The van der Waals surface area contributed by atoms with Gasteiger partial charge in [-0.3, -0.25) is 0 Å². The molecule has 48 valence electrons. The summed E-state index contributed by atoms with van der Waals surface area (Å²) in [5, 5.41) is 0. The molecule has 8 heavy (non-hydrogen) atoms. The summed E-state index contributed by atoms with van der Waals surface area (Å²) in [5.74, 6) is 0.910. The third-order valence-corrected chi connectivity index (χ3v) is 4.35. The van der Waals surface area contributed by atoms with Gasteiger partial charge in [0, 0.05) is 0 Å². The van der Waals surface area contributed by atoms with Crippen molar-refractivity contribution >= 4 is 18.5 Å². The lowest BCUT2D eigenvalue weighted by atomic mass is 10.1. The van der Waals surface area contributed by atoms with Crippen LogP contribution in [0.1, 0.15) is 19.8 Å². The van der Waals surface area contributed by atoms with Gasteiger partial charge in [0.05, 0.1) is 0 Å². The molecule has 0 aromatic rings. The van der Waals surface area contributed by atoms with E-state index in [1.807, 2.05) is 0 Å². The molecule has 0 aromatic heterocycles. The van der Waals surface area contributed by atoms with Gasteiger partial charge in [-0.05, 0) is 38.4 Å². The second-order valence-electron chi connectivity index (χ2n) is 2.62. The van der Waals surface area contributed by atoms with Crippen LogP contribution in [0.5, 0.6) is 0 Å². The maximum atomic E-state index is 5.98. The molecule has 0 saturated carbocycles. The minimum absolute atomic E-state index is 0.0588. The molecule has 0 N–H and O–H groups in total. The quantitative estimate of drug-likeness (QED) is 0.466. The van der Waals surface area contributed by atoms with Crippen molar-refractivity contribution in [3.63, 3.8) is 0 Å². The average Bonchev–Trinajstić information content (AvgIpc) is 1.64. The van der Waals surface area contributed by atoms with Crippen LogP contribution in [0.3, 0.4) is 0 Å². The average molecular weight is 151 g/mol. The van der Waals surface area contributed by atoms with Crippen LogP contribution in [-0.2, 0) is 0 Å². The van der Waals surface area contributed by atoms with Crippen LogP contribution < -0.4 is 0 Å². The highest BCUT2D eigenvalue weighted by molar-refractivity contribution is 7.84. The van der Waals surface area contributed by atoms with Crippen LogP contribution in [0.4, 0.5) is 0 Å². The van der Waals surface area contributed by atoms with Crippen molar-refractivity contribution in [2.75, 3.05) is 12.3 Å². The van der Waals surface area contributed by atoms with Crippen molar-refractivity contribution in [3.05, 3.63) is 0 Å². The van der Waals surface area contributed by atoms with Crippen LogP contribution in [0.2, 0.25) is 0 Å². The maximum Gasteiger partial charge on any atom is -0.00947 e. The number of rotatable bonds is 0. The summed E-state index contributed by atoms with van der Waals surface area (Å²) >= 11 is 5.98. The van der Waals surface area contributed by atoms with E-state index in [-0.39, 0.29) is 7.27 Å². The lowest BCUT2D eigenvalue weighted by Crippen LogP contribution is -2.06. The maximum absolute atomic E-state index is 5.98. The molecule has 0 nitrogen and oxygen atoms in total. The summed E-state index contributed by atoms with van der Waals surface area (Å²) in [4.78, 5) is 0. The van der Waals surface area contributed by atoms with Crippen molar-refractivity contribution in [2.45, 2.75) is 19.8 Å². The Morgan fingerprint density at radius 1 is 1.62 bits per heavy atom. The summed E-state index contributed by atoms with van der Waals surface area (Å²) < 4.78 is 0. The lowest BCUT2D eigenvalue weighted by Gasteiger charge is -2.21. The molecular formula is C6H12ClP. The highest BCUT2D eigenvalue weighted by Crippen LogP contribution is 2.47. The van der Waals surface area contributed by atoms with Gasteiger partial charge in [0.15, 0.2) is 0 Å². The van der Waals surface area contributed by atoms with E-state index in [9.17, 15) is 0 Å². The van der Waals surface area contributed by atoms with E-state index < -0.39 is 0 Å². The molecule has 1 saturated heterocycles. The minimum atomic E-state index is -0.0588. The van der Waals surface area contributed by atoms with Gasteiger partial charge in [-0.2, -0.15) is 0 Å². The number of hydrogen-bond acceptors (Lipinski definition) is 0. The van der Waals surface area contributed by atoms with Crippen LogP contribution >= 0.6 is 18.5 Å². The highest BCUT2D eigenvalue weighted by Gasteiger charge is 2.15. The minimum Gasteiger partial charge on any atom is -0.0964 e. The Labute approximate surface area is 57.2 Å². The van der Waals surface area contributed by atoms with Crippen molar-refractivity contribution < 1.29 is 0 Å². The number of hydrogen-bond donors (Lipinski definition) is 0. The fraction of sp³-hybridized carbons (Fsp3) is 1.00. The van der Waals surface area contributed by atoms with Gasteiger partial charge < -0.3 is 0 Å². The van der Waals surface area contributed by atoms with Gasteiger partial charge in [0.1, 0.15) is 0 Å². The van der Waals surface area contributed by atoms with Crippen LogP contribution in [0.15, 0.2) is 0 Å². The summed E-state index contributed by atoms with van der Waals surface area (Å²) in [6, 6.07) is 0. The van der Waals surface area contributed by atoms with Crippen molar-refractivity contribution in [1.29, 1.82) is 0 Å². The first-order valence-corrected chi connectivity index (χ1v) is 5.81. The first-order chi connectivity index (χ1) is 3.79. The smallest absolute Gasteiger partial charge is 0.00947 e. The molecule has 1 aliphatic rings. The Balaban J connectivity index is 2.23. The van der Waals surface area contributed by atoms with Gasteiger partial charge >= 0.3 is 0 Å². The van der Waals surface area contributed by atoms with E-state index in [4.69, 9.17) is 11.2 Å². The molecule has 0 radical (unpaired) electrons. The Kier molecular flexibility index (Phi) is 2.59. The normalized spacial score (nSPS) is 39.8. The van der Waals surface area contributed by atoms with Gasteiger partial charge in [-0.1, -0.05) is 18.2 Å². The van der Waals surface area contributed by atoms with Crippen LogP contribution in [-0.4, -0.2) is 12.3 Å². The zero-order valence-electron chi connectivity index (χ0n) is 5.23. The lowest BCUT2D eigenvalue weighted by molar-refractivity contribution is 0.568. The fourth-order valence-electron chi connectivity index (χ4n) is 1.13. The predicted octanol–water partition coefficient (Wildman–Crippen LogP) is 3.05. The summed E-state index contributed by atoms with van der Waals surface area (Å²) in [5.41, 5.74) is 0. The summed E-state index contributed by atoms with van der Waals surface area (Å²) in [6.07, 6.45) is 5.39. The van der Waals surface area contributed by atoms with E-state index >= 15 is 0 Å². The zero-order valence-corrected chi connectivity index (χ0v) is 6.88.